The van der Waals surface area contributed by atoms with Gasteiger partial charge in [-0.25, -0.2) is 4.98 Å². The average molecular weight is 303 g/mol. The smallest absolute Gasteiger partial charge is 0.263 e. The summed E-state index contributed by atoms with van der Waals surface area (Å²) in [5.41, 5.74) is 5.99. The molecule has 6 heteroatoms. The Bertz CT molecular complexity index is 609. The van der Waals surface area contributed by atoms with E-state index in [0.717, 1.165) is 4.47 Å². The van der Waals surface area contributed by atoms with Gasteiger partial charge >= 0.3 is 0 Å². The van der Waals surface area contributed by atoms with Crippen LogP contribution >= 0.6 is 27.5 Å². The summed E-state index contributed by atoms with van der Waals surface area (Å²) < 4.78 is 2.00. The quantitative estimate of drug-likeness (QED) is 0.822. The third kappa shape index (κ3) is 1.75. The van der Waals surface area contributed by atoms with Crippen molar-refractivity contribution in [3.8, 4) is 0 Å². The van der Waals surface area contributed by atoms with Crippen LogP contribution in [0, 0.1) is 0 Å². The summed E-state index contributed by atoms with van der Waals surface area (Å²) in [5.74, 6) is 0. The van der Waals surface area contributed by atoms with Crippen molar-refractivity contribution in [3.63, 3.8) is 0 Å². The van der Waals surface area contributed by atoms with Crippen molar-refractivity contribution in [2.45, 2.75) is 13.1 Å². The lowest BCUT2D eigenvalue weighted by Gasteiger charge is -2.12. The fourth-order valence-electron chi connectivity index (χ4n) is 1.51. The van der Waals surface area contributed by atoms with Gasteiger partial charge in [0.2, 0.25) is 5.28 Å². The monoisotopic (exact) mass is 301 g/mol. The van der Waals surface area contributed by atoms with Crippen molar-refractivity contribution in [2.75, 3.05) is 0 Å². The summed E-state index contributed by atoms with van der Waals surface area (Å²) >= 11 is 9.25. The van der Waals surface area contributed by atoms with Crippen LogP contribution in [0.5, 0.6) is 0 Å². The molecule has 84 valence electrons. The number of aromatic nitrogens is 2. The van der Waals surface area contributed by atoms with Crippen LogP contribution in [0.2, 0.25) is 5.28 Å². The third-order valence-electron chi connectivity index (χ3n) is 2.25. The maximum absolute atomic E-state index is 12.1. The Labute approximate surface area is 105 Å². The second-order valence-corrected chi connectivity index (χ2v) is 4.62. The van der Waals surface area contributed by atoms with Crippen LogP contribution in [0.15, 0.2) is 27.5 Å². The van der Waals surface area contributed by atoms with Crippen molar-refractivity contribution in [1.29, 1.82) is 0 Å². The molecule has 0 fully saturated rings. The second kappa shape index (κ2) is 4.16. The molecule has 2 N–H and O–H groups in total. The van der Waals surface area contributed by atoms with E-state index in [-0.39, 0.29) is 10.8 Å². The van der Waals surface area contributed by atoms with Crippen LogP contribution in [0.1, 0.15) is 13.1 Å². The number of rotatable bonds is 1. The number of fused-ring (bicyclic) bond motifs is 1. The van der Waals surface area contributed by atoms with Crippen molar-refractivity contribution in [1.82, 2.24) is 9.55 Å². The van der Waals surface area contributed by atoms with Crippen LogP contribution in [-0.2, 0) is 0 Å². The number of benzene rings is 1. The molecule has 1 unspecified atom stereocenters. The first-order valence-corrected chi connectivity index (χ1v) is 5.81. The Morgan fingerprint density at radius 2 is 2.25 bits per heavy atom. The van der Waals surface area contributed by atoms with E-state index >= 15 is 0 Å². The first-order valence-electron chi connectivity index (χ1n) is 4.64. The number of para-hydroxylation sites is 1. The molecule has 2 aromatic rings. The normalized spacial score (nSPS) is 13.0. The van der Waals surface area contributed by atoms with Gasteiger partial charge in [0.15, 0.2) is 0 Å². The van der Waals surface area contributed by atoms with E-state index in [0.29, 0.717) is 10.9 Å². The molecule has 0 saturated heterocycles. The fraction of sp³-hybridized carbons (Fsp3) is 0.200. The molecule has 1 atom stereocenters. The van der Waals surface area contributed by atoms with Crippen molar-refractivity contribution < 1.29 is 0 Å². The summed E-state index contributed by atoms with van der Waals surface area (Å²) in [6, 6.07) is 5.28. The largest absolute Gasteiger partial charge is 0.311 e. The lowest BCUT2D eigenvalue weighted by atomic mass is 10.2. The number of hydrogen-bond acceptors (Lipinski definition) is 3. The summed E-state index contributed by atoms with van der Waals surface area (Å²) in [7, 11) is 0. The molecule has 0 radical (unpaired) electrons. The molecule has 0 aliphatic rings. The zero-order chi connectivity index (χ0) is 11.9. The third-order valence-corrected chi connectivity index (χ3v) is 3.15. The molecule has 0 saturated carbocycles. The Hall–Kier alpha value is -0.910. The molecule has 4 nitrogen and oxygen atoms in total. The van der Waals surface area contributed by atoms with Crippen LogP contribution in [0.4, 0.5) is 0 Å². The van der Waals surface area contributed by atoms with E-state index in [1.54, 1.807) is 25.1 Å². The highest BCUT2D eigenvalue weighted by atomic mass is 79.9. The molecule has 16 heavy (non-hydrogen) atoms. The van der Waals surface area contributed by atoms with Crippen molar-refractivity contribution in [2.24, 2.45) is 5.73 Å². The van der Waals surface area contributed by atoms with Gasteiger partial charge in [-0.15, -0.1) is 0 Å². The second-order valence-electron chi connectivity index (χ2n) is 3.43. The molecular weight excluding hydrogens is 293 g/mol. The maximum atomic E-state index is 12.1. The van der Waals surface area contributed by atoms with Crippen LogP contribution in [0.25, 0.3) is 10.9 Å². The predicted octanol–water partition coefficient (Wildman–Crippen LogP) is 2.29. The van der Waals surface area contributed by atoms with E-state index in [2.05, 4.69) is 20.9 Å². The Balaban J connectivity index is 2.95. The van der Waals surface area contributed by atoms with Gasteiger partial charge in [0, 0.05) is 4.47 Å². The zero-order valence-corrected chi connectivity index (χ0v) is 10.8. The standard InChI is InChI=1S/C10H9BrClN3O/c1-5(13)15-9(16)6-3-2-4-7(11)8(6)14-10(15)12/h2-5H,13H2,1H3. The molecule has 0 bridgehead atoms. The molecule has 0 aliphatic heterocycles. The Morgan fingerprint density at radius 1 is 1.56 bits per heavy atom. The molecular formula is C10H9BrClN3O. The van der Waals surface area contributed by atoms with E-state index < -0.39 is 6.17 Å². The topological polar surface area (TPSA) is 60.9 Å². The summed E-state index contributed by atoms with van der Waals surface area (Å²) in [4.78, 5) is 16.2. The van der Waals surface area contributed by atoms with Crippen molar-refractivity contribution in [3.05, 3.63) is 38.3 Å². The maximum Gasteiger partial charge on any atom is 0.263 e. The number of halogens is 2. The Kier molecular flexibility index (Phi) is 3.01. The van der Waals surface area contributed by atoms with Gasteiger partial charge in [0.1, 0.15) is 0 Å². The lowest BCUT2D eigenvalue weighted by molar-refractivity contribution is 0.548. The molecule has 1 aromatic heterocycles. The molecule has 1 aromatic carbocycles. The lowest BCUT2D eigenvalue weighted by Crippen LogP contribution is -2.29. The molecule has 1 heterocycles. The molecule has 0 aliphatic carbocycles. The van der Waals surface area contributed by atoms with Gasteiger partial charge in [0.05, 0.1) is 17.1 Å². The number of nitrogens with zero attached hydrogens (tertiary/aromatic N) is 2. The minimum atomic E-state index is -0.504. The molecule has 2 rings (SSSR count). The minimum absolute atomic E-state index is 0.0967. The first kappa shape index (κ1) is 11.6. The zero-order valence-electron chi connectivity index (χ0n) is 8.45. The minimum Gasteiger partial charge on any atom is -0.311 e. The molecule has 0 amide bonds. The van der Waals surface area contributed by atoms with Gasteiger partial charge in [0.25, 0.3) is 5.56 Å². The highest BCUT2D eigenvalue weighted by Crippen LogP contribution is 2.21. The highest BCUT2D eigenvalue weighted by molar-refractivity contribution is 9.10. The van der Waals surface area contributed by atoms with Crippen molar-refractivity contribution >= 4 is 38.4 Å². The Morgan fingerprint density at radius 3 is 2.88 bits per heavy atom. The summed E-state index contributed by atoms with van der Waals surface area (Å²) in [6.07, 6.45) is -0.504. The SMILES string of the molecule is CC(N)n1c(Cl)nc2c(Br)cccc2c1=O. The van der Waals surface area contributed by atoms with Gasteiger partial charge in [-0.2, -0.15) is 0 Å². The van der Waals surface area contributed by atoms with Gasteiger partial charge in [-0.1, -0.05) is 6.07 Å². The average Bonchev–Trinajstić information content (AvgIpc) is 2.19. The van der Waals surface area contributed by atoms with Crippen LogP contribution in [0.3, 0.4) is 0 Å². The highest BCUT2D eigenvalue weighted by Gasteiger charge is 2.13. The number of nitrogens with two attached hydrogens (primary N) is 1. The number of hydrogen-bond donors (Lipinski definition) is 1. The van der Waals surface area contributed by atoms with E-state index in [1.165, 1.54) is 4.57 Å². The van der Waals surface area contributed by atoms with E-state index in [4.69, 9.17) is 17.3 Å². The summed E-state index contributed by atoms with van der Waals surface area (Å²) in [6.45, 7) is 1.68. The van der Waals surface area contributed by atoms with E-state index in [9.17, 15) is 4.79 Å². The fourth-order valence-corrected chi connectivity index (χ4v) is 2.28. The first-order chi connectivity index (χ1) is 7.52. The summed E-state index contributed by atoms with van der Waals surface area (Å²) in [5, 5.41) is 0.593. The molecule has 0 spiro atoms. The van der Waals surface area contributed by atoms with Gasteiger partial charge < -0.3 is 5.73 Å². The predicted molar refractivity (Wildman–Crippen MR) is 67.6 cm³/mol. The van der Waals surface area contributed by atoms with Gasteiger partial charge in [-0.05, 0) is 46.6 Å². The van der Waals surface area contributed by atoms with Crippen LogP contribution in [-0.4, -0.2) is 9.55 Å². The van der Waals surface area contributed by atoms with Gasteiger partial charge in [-0.3, -0.25) is 9.36 Å². The van der Waals surface area contributed by atoms with E-state index in [1.807, 2.05) is 0 Å². The van der Waals surface area contributed by atoms with Crippen LogP contribution < -0.4 is 11.3 Å².